The normalized spacial score (nSPS) is 17.7. The van der Waals surface area contributed by atoms with Gasteiger partial charge in [0, 0.05) is 24.2 Å². The second-order valence-electron chi connectivity index (χ2n) is 9.10. The van der Waals surface area contributed by atoms with E-state index >= 15 is 0 Å². The molecule has 0 unspecified atom stereocenters. The molecule has 2 heterocycles. The maximum atomic E-state index is 14.0. The van der Waals surface area contributed by atoms with Crippen molar-refractivity contribution in [3.05, 3.63) is 75.1 Å². The molecule has 0 spiro atoms. The summed E-state index contributed by atoms with van der Waals surface area (Å²) in [5, 5.41) is 4.58. The number of para-hydroxylation sites is 1. The van der Waals surface area contributed by atoms with Crippen LogP contribution in [-0.4, -0.2) is 24.2 Å². The zero-order valence-corrected chi connectivity index (χ0v) is 20.2. The number of aromatic nitrogens is 2. The standard InChI is InChI=1S/C26H29N3O3S/c1-4-18-13-14-20(25-21-10-6-7-11-22(21)26(30)28(3)27-25)16-24(18)33(31,32)29-17(2)15-19-9-5-8-12-23(19)29/h5,8-9,12-14,16-17H,4,6-7,10-11,15H2,1-3H3/t17-/m0/s1. The molecule has 1 aliphatic carbocycles. The second kappa shape index (κ2) is 8.13. The fourth-order valence-corrected chi connectivity index (χ4v) is 7.35. The molecule has 2 aliphatic rings. The van der Waals surface area contributed by atoms with E-state index in [1.54, 1.807) is 17.4 Å². The SMILES string of the molecule is CCc1ccc(-c2nn(C)c(=O)c3c2CCCC3)cc1S(=O)(=O)N1c2ccccc2C[C@@H]1C. The smallest absolute Gasteiger partial charge is 0.268 e. The molecule has 1 aromatic heterocycles. The van der Waals surface area contributed by atoms with Gasteiger partial charge in [-0.3, -0.25) is 9.10 Å². The summed E-state index contributed by atoms with van der Waals surface area (Å²) >= 11 is 0. The van der Waals surface area contributed by atoms with E-state index in [0.29, 0.717) is 17.7 Å². The van der Waals surface area contributed by atoms with Crippen molar-refractivity contribution in [1.29, 1.82) is 0 Å². The van der Waals surface area contributed by atoms with Gasteiger partial charge in [0.1, 0.15) is 0 Å². The molecule has 0 saturated carbocycles. The molecule has 6 nitrogen and oxygen atoms in total. The van der Waals surface area contributed by atoms with E-state index in [9.17, 15) is 13.2 Å². The Morgan fingerprint density at radius 3 is 2.55 bits per heavy atom. The average Bonchev–Trinajstić information content (AvgIpc) is 3.17. The maximum absolute atomic E-state index is 14.0. The Morgan fingerprint density at radius 1 is 1.06 bits per heavy atom. The van der Waals surface area contributed by atoms with E-state index in [-0.39, 0.29) is 11.6 Å². The first kappa shape index (κ1) is 21.9. The van der Waals surface area contributed by atoms with Gasteiger partial charge in [-0.15, -0.1) is 0 Å². The number of aryl methyl sites for hydroxylation is 2. The van der Waals surface area contributed by atoms with Crippen LogP contribution in [-0.2, 0) is 42.8 Å². The average molecular weight is 464 g/mol. The molecule has 0 N–H and O–H groups in total. The Balaban J connectivity index is 1.69. The highest BCUT2D eigenvalue weighted by molar-refractivity contribution is 7.93. The van der Waals surface area contributed by atoms with Gasteiger partial charge >= 0.3 is 0 Å². The topological polar surface area (TPSA) is 72.3 Å². The van der Waals surface area contributed by atoms with Crippen LogP contribution in [0.1, 0.15) is 48.9 Å². The van der Waals surface area contributed by atoms with Gasteiger partial charge < -0.3 is 0 Å². The predicted octanol–water partition coefficient (Wildman–Crippen LogP) is 4.03. The lowest BCUT2D eigenvalue weighted by molar-refractivity contribution is 0.583. The van der Waals surface area contributed by atoms with E-state index < -0.39 is 10.0 Å². The second-order valence-corrected chi connectivity index (χ2v) is 10.9. The summed E-state index contributed by atoms with van der Waals surface area (Å²) in [6.45, 7) is 3.93. The molecule has 0 fully saturated rings. The van der Waals surface area contributed by atoms with Gasteiger partial charge in [-0.2, -0.15) is 5.10 Å². The van der Waals surface area contributed by atoms with Gasteiger partial charge in [0.15, 0.2) is 0 Å². The molecular weight excluding hydrogens is 434 g/mol. The number of hydrogen-bond acceptors (Lipinski definition) is 4. The van der Waals surface area contributed by atoms with E-state index in [4.69, 9.17) is 0 Å². The summed E-state index contributed by atoms with van der Waals surface area (Å²) in [6.07, 6.45) is 4.85. The molecule has 1 aliphatic heterocycles. The van der Waals surface area contributed by atoms with Crippen molar-refractivity contribution in [2.45, 2.75) is 63.3 Å². The van der Waals surface area contributed by atoms with Crippen LogP contribution < -0.4 is 9.86 Å². The van der Waals surface area contributed by atoms with Gasteiger partial charge in [0.25, 0.3) is 15.6 Å². The Hall–Kier alpha value is -2.93. The van der Waals surface area contributed by atoms with Gasteiger partial charge in [-0.1, -0.05) is 37.3 Å². The number of benzene rings is 2. The van der Waals surface area contributed by atoms with Crippen molar-refractivity contribution in [2.24, 2.45) is 7.05 Å². The van der Waals surface area contributed by atoms with Gasteiger partial charge in [-0.25, -0.2) is 13.1 Å². The van der Waals surface area contributed by atoms with Crippen LogP contribution in [0.15, 0.2) is 52.2 Å². The number of fused-ring (bicyclic) bond motifs is 2. The summed E-state index contributed by atoms with van der Waals surface area (Å²) in [5.74, 6) is 0. The Labute approximate surface area is 194 Å². The van der Waals surface area contributed by atoms with Crippen molar-refractivity contribution in [3.63, 3.8) is 0 Å². The number of rotatable bonds is 4. The van der Waals surface area contributed by atoms with Crippen molar-refractivity contribution < 1.29 is 8.42 Å². The van der Waals surface area contributed by atoms with Gasteiger partial charge in [-0.05, 0) is 74.3 Å². The van der Waals surface area contributed by atoms with Crippen molar-refractivity contribution in [1.82, 2.24) is 9.78 Å². The number of nitrogens with zero attached hydrogens (tertiary/aromatic N) is 3. The van der Waals surface area contributed by atoms with Crippen molar-refractivity contribution >= 4 is 15.7 Å². The van der Waals surface area contributed by atoms with Crippen molar-refractivity contribution in [3.8, 4) is 11.3 Å². The lowest BCUT2D eigenvalue weighted by Gasteiger charge is -2.26. The molecule has 0 radical (unpaired) electrons. The minimum Gasteiger partial charge on any atom is -0.268 e. The fourth-order valence-electron chi connectivity index (χ4n) is 5.33. The largest absolute Gasteiger partial charge is 0.269 e. The summed E-state index contributed by atoms with van der Waals surface area (Å²) in [7, 11) is -2.11. The summed E-state index contributed by atoms with van der Waals surface area (Å²) < 4.78 is 31.0. The lowest BCUT2D eigenvalue weighted by Crippen LogP contribution is -2.36. The number of anilines is 1. The summed E-state index contributed by atoms with van der Waals surface area (Å²) in [5.41, 5.74) is 5.81. The zero-order valence-electron chi connectivity index (χ0n) is 19.3. The van der Waals surface area contributed by atoms with E-state index in [0.717, 1.165) is 64.9 Å². The van der Waals surface area contributed by atoms with Crippen LogP contribution in [0.5, 0.6) is 0 Å². The Morgan fingerprint density at radius 2 is 1.79 bits per heavy atom. The molecule has 5 rings (SSSR count). The van der Waals surface area contributed by atoms with Crippen LogP contribution in [0.25, 0.3) is 11.3 Å². The third-order valence-corrected chi connectivity index (χ3v) is 8.97. The molecule has 0 amide bonds. The van der Waals surface area contributed by atoms with Crippen LogP contribution >= 0.6 is 0 Å². The third-order valence-electron chi connectivity index (χ3n) is 6.96. The molecule has 3 aromatic rings. The molecule has 0 bridgehead atoms. The first-order valence-electron chi connectivity index (χ1n) is 11.7. The first-order valence-corrected chi connectivity index (χ1v) is 13.1. The summed E-state index contributed by atoms with van der Waals surface area (Å²) in [4.78, 5) is 13.0. The molecule has 2 aromatic carbocycles. The number of sulfonamides is 1. The van der Waals surface area contributed by atoms with Crippen LogP contribution in [0.2, 0.25) is 0 Å². The third kappa shape index (κ3) is 3.50. The molecule has 172 valence electrons. The highest BCUT2D eigenvalue weighted by atomic mass is 32.2. The number of hydrogen-bond donors (Lipinski definition) is 0. The van der Waals surface area contributed by atoms with Crippen LogP contribution in [0, 0.1) is 0 Å². The van der Waals surface area contributed by atoms with E-state index in [2.05, 4.69) is 5.10 Å². The molecule has 7 heteroatoms. The van der Waals surface area contributed by atoms with E-state index in [1.807, 2.05) is 50.2 Å². The fraction of sp³-hybridized carbons (Fsp3) is 0.385. The van der Waals surface area contributed by atoms with Gasteiger partial charge in [0.05, 0.1) is 16.3 Å². The Kier molecular flexibility index (Phi) is 5.40. The lowest BCUT2D eigenvalue weighted by atomic mass is 9.89. The predicted molar refractivity (Wildman–Crippen MR) is 130 cm³/mol. The van der Waals surface area contributed by atoms with E-state index in [1.165, 1.54) is 4.68 Å². The maximum Gasteiger partial charge on any atom is 0.269 e. The summed E-state index contributed by atoms with van der Waals surface area (Å²) in [6, 6.07) is 13.2. The molecule has 0 saturated heterocycles. The zero-order chi connectivity index (χ0) is 23.3. The minimum atomic E-state index is -3.78. The Bertz CT molecular complexity index is 1410. The highest BCUT2D eigenvalue weighted by Crippen LogP contribution is 2.38. The van der Waals surface area contributed by atoms with Crippen LogP contribution in [0.4, 0.5) is 5.69 Å². The first-order chi connectivity index (χ1) is 15.8. The molecule has 1 atom stereocenters. The highest BCUT2D eigenvalue weighted by Gasteiger charge is 2.37. The monoisotopic (exact) mass is 463 g/mol. The molecular formula is C26H29N3O3S. The van der Waals surface area contributed by atoms with Crippen LogP contribution in [0.3, 0.4) is 0 Å². The minimum absolute atomic E-state index is 0.0472. The quantitative estimate of drug-likeness (QED) is 0.586. The molecule has 33 heavy (non-hydrogen) atoms. The van der Waals surface area contributed by atoms with Gasteiger partial charge in [0.2, 0.25) is 0 Å². The van der Waals surface area contributed by atoms with Crippen molar-refractivity contribution in [2.75, 3.05) is 4.31 Å².